The molecule has 2 heterocycles. The highest BCUT2D eigenvalue weighted by molar-refractivity contribution is 7.13. The van der Waals surface area contributed by atoms with E-state index < -0.39 is 0 Å². The number of thiazole rings is 1. The van der Waals surface area contributed by atoms with Gasteiger partial charge in [-0.1, -0.05) is 32.4 Å². The highest BCUT2D eigenvalue weighted by Crippen LogP contribution is 2.30. The Hall–Kier alpha value is -0.870. The molecule has 3 nitrogen and oxygen atoms in total. The second-order valence-electron chi connectivity index (χ2n) is 5.96. The van der Waals surface area contributed by atoms with Crippen molar-refractivity contribution < 1.29 is 0 Å². The van der Waals surface area contributed by atoms with Crippen LogP contribution in [0.4, 0.5) is 5.13 Å². The number of hydrogen-bond acceptors (Lipinski definition) is 4. The van der Waals surface area contributed by atoms with Crippen molar-refractivity contribution in [2.24, 2.45) is 5.41 Å². The number of hydrogen-bond donors (Lipinski definition) is 1. The van der Waals surface area contributed by atoms with Gasteiger partial charge in [0, 0.05) is 31.4 Å². The summed E-state index contributed by atoms with van der Waals surface area (Å²) < 4.78 is 0. The summed E-state index contributed by atoms with van der Waals surface area (Å²) in [6.45, 7) is 10.2. The van der Waals surface area contributed by atoms with Gasteiger partial charge in [0.2, 0.25) is 0 Å². The van der Waals surface area contributed by atoms with Crippen molar-refractivity contribution in [1.82, 2.24) is 9.88 Å². The summed E-state index contributed by atoms with van der Waals surface area (Å²) >= 11 is 1.53. The quantitative estimate of drug-likeness (QED) is 0.854. The molecule has 1 aromatic rings. The lowest BCUT2D eigenvalue weighted by Gasteiger charge is -2.32. The molecule has 0 bridgehead atoms. The number of nitrogen functional groups attached to an aromatic ring is 1. The first-order chi connectivity index (χ1) is 8.45. The normalized spacial score (nSPS) is 17.8. The average Bonchev–Trinajstić information content (AvgIpc) is 2.72. The molecule has 0 saturated carbocycles. The van der Waals surface area contributed by atoms with E-state index in [0.29, 0.717) is 10.5 Å². The fourth-order valence-electron chi connectivity index (χ4n) is 2.31. The molecule has 0 atom stereocenters. The highest BCUT2D eigenvalue weighted by atomic mass is 32.1. The van der Waals surface area contributed by atoms with E-state index in [-0.39, 0.29) is 0 Å². The Labute approximate surface area is 114 Å². The van der Waals surface area contributed by atoms with Gasteiger partial charge in [-0.2, -0.15) is 0 Å². The molecule has 0 unspecified atom stereocenters. The van der Waals surface area contributed by atoms with E-state index in [1.165, 1.54) is 24.3 Å². The third-order valence-corrected chi connectivity index (χ3v) is 4.23. The number of nitrogens with two attached hydrogens (primary N) is 1. The second kappa shape index (κ2) is 5.41. The molecule has 0 radical (unpaired) electrons. The Morgan fingerprint density at radius 2 is 2.22 bits per heavy atom. The van der Waals surface area contributed by atoms with Gasteiger partial charge in [0.25, 0.3) is 0 Å². The van der Waals surface area contributed by atoms with Gasteiger partial charge in [0.05, 0.1) is 5.69 Å². The van der Waals surface area contributed by atoms with Crippen LogP contribution in [0.2, 0.25) is 0 Å². The zero-order valence-corrected chi connectivity index (χ0v) is 12.4. The fraction of sp³-hybridized carbons (Fsp3) is 0.643. The van der Waals surface area contributed by atoms with E-state index in [4.69, 9.17) is 5.73 Å². The first-order valence-electron chi connectivity index (χ1n) is 6.57. The topological polar surface area (TPSA) is 42.1 Å². The molecule has 0 aromatic carbocycles. The van der Waals surface area contributed by atoms with E-state index in [2.05, 4.69) is 42.1 Å². The summed E-state index contributed by atoms with van der Waals surface area (Å²) in [4.78, 5) is 6.79. The maximum Gasteiger partial charge on any atom is 0.180 e. The molecular formula is C14H23N3S. The Morgan fingerprint density at radius 1 is 1.44 bits per heavy atom. The van der Waals surface area contributed by atoms with Crippen LogP contribution in [0.3, 0.4) is 0 Å². The molecule has 2 N–H and O–H groups in total. The van der Waals surface area contributed by atoms with Gasteiger partial charge in [0.1, 0.15) is 0 Å². The van der Waals surface area contributed by atoms with Crippen molar-refractivity contribution in [3.05, 3.63) is 22.7 Å². The minimum absolute atomic E-state index is 0.329. The predicted octanol–water partition coefficient (Wildman–Crippen LogP) is 2.95. The van der Waals surface area contributed by atoms with Crippen LogP contribution in [0.1, 0.15) is 32.9 Å². The minimum Gasteiger partial charge on any atom is -0.375 e. The maximum atomic E-state index is 5.64. The average molecular weight is 265 g/mol. The van der Waals surface area contributed by atoms with Gasteiger partial charge >= 0.3 is 0 Å². The lowest BCUT2D eigenvalue weighted by atomic mass is 9.83. The molecule has 0 fully saturated rings. The minimum atomic E-state index is 0.329. The summed E-state index contributed by atoms with van der Waals surface area (Å²) in [5.41, 5.74) is 8.69. The van der Waals surface area contributed by atoms with Crippen LogP contribution in [0.25, 0.3) is 0 Å². The summed E-state index contributed by atoms with van der Waals surface area (Å²) in [6, 6.07) is 0. The second-order valence-corrected chi connectivity index (χ2v) is 6.85. The molecule has 1 aromatic heterocycles. The maximum absolute atomic E-state index is 5.64. The molecule has 0 saturated heterocycles. The van der Waals surface area contributed by atoms with Crippen molar-refractivity contribution in [3.63, 3.8) is 0 Å². The van der Waals surface area contributed by atoms with Crippen molar-refractivity contribution in [2.75, 3.05) is 25.4 Å². The van der Waals surface area contributed by atoms with Gasteiger partial charge in [-0.05, 0) is 11.8 Å². The van der Waals surface area contributed by atoms with Crippen LogP contribution in [0.5, 0.6) is 0 Å². The summed E-state index contributed by atoms with van der Waals surface area (Å²) in [6.07, 6.45) is 4.61. The van der Waals surface area contributed by atoms with Crippen molar-refractivity contribution in [3.8, 4) is 0 Å². The summed E-state index contributed by atoms with van der Waals surface area (Å²) in [7, 11) is 0. The highest BCUT2D eigenvalue weighted by Gasteiger charge is 2.21. The van der Waals surface area contributed by atoms with Gasteiger partial charge in [-0.3, -0.25) is 4.90 Å². The first kappa shape index (κ1) is 13.6. The fourth-order valence-corrected chi connectivity index (χ4v) is 2.90. The van der Waals surface area contributed by atoms with Gasteiger partial charge in [-0.15, -0.1) is 11.3 Å². The molecule has 2 rings (SSSR count). The van der Waals surface area contributed by atoms with Crippen LogP contribution >= 0.6 is 11.3 Å². The van der Waals surface area contributed by atoms with Gasteiger partial charge in [0.15, 0.2) is 5.13 Å². The molecule has 1 aliphatic rings. The Balaban J connectivity index is 1.82. The predicted molar refractivity (Wildman–Crippen MR) is 78.8 cm³/mol. The number of rotatable bonds is 3. The molecule has 100 valence electrons. The number of anilines is 1. The molecular weight excluding hydrogens is 242 g/mol. The van der Waals surface area contributed by atoms with Crippen LogP contribution in [-0.4, -0.2) is 29.5 Å². The molecule has 4 heteroatoms. The van der Waals surface area contributed by atoms with Crippen molar-refractivity contribution in [2.45, 2.75) is 33.6 Å². The monoisotopic (exact) mass is 265 g/mol. The third kappa shape index (κ3) is 3.56. The zero-order valence-electron chi connectivity index (χ0n) is 11.6. The van der Waals surface area contributed by atoms with E-state index in [1.54, 1.807) is 5.57 Å². The lowest BCUT2D eigenvalue weighted by Crippen LogP contribution is -2.32. The Morgan fingerprint density at radius 3 is 2.72 bits per heavy atom. The lowest BCUT2D eigenvalue weighted by molar-refractivity contribution is 0.281. The third-order valence-electron chi connectivity index (χ3n) is 3.51. The van der Waals surface area contributed by atoms with E-state index in [0.717, 1.165) is 25.2 Å². The molecule has 0 aliphatic carbocycles. The Bertz CT molecular complexity index is 428. The summed E-state index contributed by atoms with van der Waals surface area (Å²) in [5.74, 6) is 0. The van der Waals surface area contributed by atoms with Crippen LogP contribution < -0.4 is 5.73 Å². The van der Waals surface area contributed by atoms with Crippen LogP contribution in [-0.2, 0) is 6.42 Å². The van der Waals surface area contributed by atoms with E-state index in [9.17, 15) is 0 Å². The number of aromatic nitrogens is 1. The molecule has 0 amide bonds. The van der Waals surface area contributed by atoms with Crippen molar-refractivity contribution >= 4 is 16.5 Å². The van der Waals surface area contributed by atoms with Crippen LogP contribution in [0, 0.1) is 5.41 Å². The van der Waals surface area contributed by atoms with E-state index in [1.807, 2.05) is 0 Å². The van der Waals surface area contributed by atoms with Gasteiger partial charge in [-0.25, -0.2) is 4.98 Å². The first-order valence-corrected chi connectivity index (χ1v) is 7.45. The molecule has 0 spiro atoms. The number of nitrogens with zero attached hydrogens (tertiary/aromatic N) is 2. The molecule has 1 aliphatic heterocycles. The zero-order chi connectivity index (χ0) is 13.2. The standard InChI is InChI=1S/C14H23N3S/c1-14(2,3)11-4-7-17(8-5-11)9-6-12-10-18-13(15)16-12/h4,10H,5-9H2,1-3H3,(H2,15,16). The SMILES string of the molecule is CC(C)(C)C1=CCN(CCc2csc(N)n2)CC1. The smallest absolute Gasteiger partial charge is 0.180 e. The Kier molecular flexibility index (Phi) is 4.07. The van der Waals surface area contributed by atoms with Gasteiger partial charge < -0.3 is 5.73 Å². The van der Waals surface area contributed by atoms with Crippen LogP contribution in [0.15, 0.2) is 17.0 Å². The van der Waals surface area contributed by atoms with E-state index >= 15 is 0 Å². The largest absolute Gasteiger partial charge is 0.375 e. The van der Waals surface area contributed by atoms with Crippen molar-refractivity contribution in [1.29, 1.82) is 0 Å². The molecule has 18 heavy (non-hydrogen) atoms. The summed E-state index contributed by atoms with van der Waals surface area (Å²) in [5, 5.41) is 2.74.